The third kappa shape index (κ3) is 4.21. The van der Waals surface area contributed by atoms with E-state index in [2.05, 4.69) is 52.4 Å². The van der Waals surface area contributed by atoms with Gasteiger partial charge in [0, 0.05) is 10.2 Å². The quantitative estimate of drug-likeness (QED) is 0.765. The van der Waals surface area contributed by atoms with Gasteiger partial charge in [-0.15, -0.1) is 0 Å². The normalized spacial score (nSPS) is 12.1. The number of nitrogens with one attached hydrogen (secondary N) is 1. The monoisotopic (exact) mass is 349 g/mol. The van der Waals surface area contributed by atoms with Gasteiger partial charge in [-0.3, -0.25) is 0 Å². The summed E-state index contributed by atoms with van der Waals surface area (Å²) in [5, 5.41) is 5.59. The molecular weight excluding hydrogens is 330 g/mol. The SMILES string of the molecule is CCCCC(Nc1ccc2cc(Br)ccc2c1)C(=O)OC. The lowest BCUT2D eigenvalue weighted by molar-refractivity contribution is -0.141. The van der Waals surface area contributed by atoms with Crippen molar-refractivity contribution in [3.8, 4) is 0 Å². The predicted octanol–water partition coefficient (Wildman–Crippen LogP) is 4.75. The number of hydrogen-bond acceptors (Lipinski definition) is 3. The maximum absolute atomic E-state index is 11.8. The van der Waals surface area contributed by atoms with Crippen LogP contribution in [0.25, 0.3) is 10.8 Å². The number of carbonyl (C=O) groups excluding carboxylic acids is 1. The first-order valence-corrected chi connectivity index (χ1v) is 7.97. The van der Waals surface area contributed by atoms with Crippen molar-refractivity contribution in [2.75, 3.05) is 12.4 Å². The molecule has 1 N–H and O–H groups in total. The molecule has 21 heavy (non-hydrogen) atoms. The number of benzene rings is 2. The molecule has 1 atom stereocenters. The highest BCUT2D eigenvalue weighted by molar-refractivity contribution is 9.10. The van der Waals surface area contributed by atoms with Crippen LogP contribution in [0.1, 0.15) is 26.2 Å². The lowest BCUT2D eigenvalue weighted by atomic mass is 10.1. The van der Waals surface area contributed by atoms with Crippen molar-refractivity contribution < 1.29 is 9.53 Å². The van der Waals surface area contributed by atoms with Gasteiger partial charge in [-0.05, 0) is 41.5 Å². The molecule has 0 spiro atoms. The van der Waals surface area contributed by atoms with Crippen LogP contribution in [0.3, 0.4) is 0 Å². The van der Waals surface area contributed by atoms with E-state index in [-0.39, 0.29) is 12.0 Å². The van der Waals surface area contributed by atoms with Crippen molar-refractivity contribution >= 4 is 38.4 Å². The summed E-state index contributed by atoms with van der Waals surface area (Å²) in [6.45, 7) is 2.11. The number of unbranched alkanes of at least 4 members (excludes halogenated alkanes) is 1. The second-order valence-corrected chi connectivity index (χ2v) is 5.98. The highest BCUT2D eigenvalue weighted by Gasteiger charge is 2.18. The Morgan fingerprint density at radius 2 is 1.95 bits per heavy atom. The number of esters is 1. The van der Waals surface area contributed by atoms with Gasteiger partial charge >= 0.3 is 5.97 Å². The molecule has 0 heterocycles. The Morgan fingerprint density at radius 3 is 2.67 bits per heavy atom. The Labute approximate surface area is 133 Å². The summed E-state index contributed by atoms with van der Waals surface area (Å²) in [6.07, 6.45) is 2.83. The van der Waals surface area contributed by atoms with Gasteiger partial charge in [0.25, 0.3) is 0 Å². The number of ether oxygens (including phenoxy) is 1. The molecule has 0 aromatic heterocycles. The molecule has 3 nitrogen and oxygen atoms in total. The van der Waals surface area contributed by atoms with E-state index in [4.69, 9.17) is 4.74 Å². The molecule has 0 saturated carbocycles. The summed E-state index contributed by atoms with van der Waals surface area (Å²) in [6, 6.07) is 12.0. The molecule has 2 aromatic rings. The van der Waals surface area contributed by atoms with Crippen molar-refractivity contribution in [2.24, 2.45) is 0 Å². The fourth-order valence-corrected chi connectivity index (χ4v) is 2.69. The van der Waals surface area contributed by atoms with E-state index in [0.717, 1.165) is 40.2 Å². The average molecular weight is 350 g/mol. The Kier molecular flexibility index (Phi) is 5.62. The average Bonchev–Trinajstić information content (AvgIpc) is 2.50. The summed E-state index contributed by atoms with van der Waals surface area (Å²) in [5.74, 6) is -0.209. The van der Waals surface area contributed by atoms with Crippen LogP contribution in [0.5, 0.6) is 0 Å². The molecule has 2 rings (SSSR count). The maximum atomic E-state index is 11.8. The number of methoxy groups -OCH3 is 1. The lowest BCUT2D eigenvalue weighted by Crippen LogP contribution is -2.30. The number of anilines is 1. The molecule has 0 aliphatic rings. The zero-order valence-corrected chi connectivity index (χ0v) is 13.9. The first kappa shape index (κ1) is 15.8. The van der Waals surface area contributed by atoms with Crippen LogP contribution in [0.2, 0.25) is 0 Å². The van der Waals surface area contributed by atoms with Crippen molar-refractivity contribution in [2.45, 2.75) is 32.2 Å². The molecule has 0 saturated heterocycles. The van der Waals surface area contributed by atoms with Crippen molar-refractivity contribution in [3.63, 3.8) is 0 Å². The Morgan fingerprint density at radius 1 is 1.24 bits per heavy atom. The van der Waals surface area contributed by atoms with Gasteiger partial charge in [-0.25, -0.2) is 4.79 Å². The molecule has 2 aromatic carbocycles. The summed E-state index contributed by atoms with van der Waals surface area (Å²) in [5.41, 5.74) is 0.941. The fourth-order valence-electron chi connectivity index (χ4n) is 2.31. The number of rotatable bonds is 6. The molecule has 0 radical (unpaired) electrons. The zero-order chi connectivity index (χ0) is 15.2. The van der Waals surface area contributed by atoms with E-state index in [0.29, 0.717) is 0 Å². The van der Waals surface area contributed by atoms with Gasteiger partial charge in [0.15, 0.2) is 0 Å². The van der Waals surface area contributed by atoms with Gasteiger partial charge < -0.3 is 10.1 Å². The van der Waals surface area contributed by atoms with Crippen LogP contribution in [-0.4, -0.2) is 19.1 Å². The highest BCUT2D eigenvalue weighted by Crippen LogP contribution is 2.24. The Hall–Kier alpha value is -1.55. The van der Waals surface area contributed by atoms with Gasteiger partial charge in [-0.2, -0.15) is 0 Å². The highest BCUT2D eigenvalue weighted by atomic mass is 79.9. The van der Waals surface area contributed by atoms with E-state index >= 15 is 0 Å². The van der Waals surface area contributed by atoms with Gasteiger partial charge in [-0.1, -0.05) is 47.8 Å². The first-order chi connectivity index (χ1) is 10.1. The van der Waals surface area contributed by atoms with Crippen LogP contribution in [0, 0.1) is 0 Å². The van der Waals surface area contributed by atoms with Gasteiger partial charge in [0.1, 0.15) is 6.04 Å². The Bertz CT molecular complexity index is 627. The molecule has 1 unspecified atom stereocenters. The number of fused-ring (bicyclic) bond motifs is 1. The number of carbonyl (C=O) groups is 1. The molecule has 0 fully saturated rings. The molecular formula is C17H20BrNO2. The maximum Gasteiger partial charge on any atom is 0.328 e. The van der Waals surface area contributed by atoms with E-state index in [1.165, 1.54) is 7.11 Å². The third-order valence-electron chi connectivity index (χ3n) is 3.48. The minimum atomic E-state index is -0.289. The molecule has 0 aliphatic heterocycles. The molecule has 112 valence electrons. The molecule has 0 aliphatic carbocycles. The van der Waals surface area contributed by atoms with Crippen molar-refractivity contribution in [1.82, 2.24) is 0 Å². The van der Waals surface area contributed by atoms with Crippen LogP contribution in [0.4, 0.5) is 5.69 Å². The summed E-state index contributed by atoms with van der Waals surface area (Å²) in [4.78, 5) is 11.8. The summed E-state index contributed by atoms with van der Waals surface area (Å²) >= 11 is 3.47. The minimum absolute atomic E-state index is 0.209. The topological polar surface area (TPSA) is 38.3 Å². The second-order valence-electron chi connectivity index (χ2n) is 5.07. The minimum Gasteiger partial charge on any atom is -0.467 e. The predicted molar refractivity (Wildman–Crippen MR) is 90.6 cm³/mol. The lowest BCUT2D eigenvalue weighted by Gasteiger charge is -2.17. The van der Waals surface area contributed by atoms with Crippen LogP contribution in [0.15, 0.2) is 40.9 Å². The van der Waals surface area contributed by atoms with E-state index in [9.17, 15) is 4.79 Å². The summed E-state index contributed by atoms with van der Waals surface area (Å²) < 4.78 is 5.94. The van der Waals surface area contributed by atoms with Gasteiger partial charge in [0.05, 0.1) is 7.11 Å². The smallest absolute Gasteiger partial charge is 0.328 e. The second kappa shape index (κ2) is 7.46. The third-order valence-corrected chi connectivity index (χ3v) is 3.97. The number of hydrogen-bond donors (Lipinski definition) is 1. The van der Waals surface area contributed by atoms with Crippen LogP contribution < -0.4 is 5.32 Å². The largest absolute Gasteiger partial charge is 0.467 e. The fraction of sp³-hybridized carbons (Fsp3) is 0.353. The summed E-state index contributed by atoms with van der Waals surface area (Å²) in [7, 11) is 1.43. The van der Waals surface area contributed by atoms with Crippen LogP contribution in [-0.2, 0) is 9.53 Å². The van der Waals surface area contributed by atoms with Crippen molar-refractivity contribution in [1.29, 1.82) is 0 Å². The van der Waals surface area contributed by atoms with Gasteiger partial charge in [0.2, 0.25) is 0 Å². The molecule has 0 bridgehead atoms. The number of halogens is 1. The Balaban J connectivity index is 2.19. The molecule has 4 heteroatoms. The van der Waals surface area contributed by atoms with Crippen LogP contribution >= 0.6 is 15.9 Å². The first-order valence-electron chi connectivity index (χ1n) is 7.17. The van der Waals surface area contributed by atoms with E-state index in [1.54, 1.807) is 0 Å². The standard InChI is InChI=1S/C17H20BrNO2/c1-3-4-5-16(17(20)21-2)19-15-9-7-12-10-14(18)8-6-13(12)11-15/h6-11,16,19H,3-5H2,1-2H3. The van der Waals surface area contributed by atoms with Crippen molar-refractivity contribution in [3.05, 3.63) is 40.9 Å². The molecule has 0 amide bonds. The zero-order valence-electron chi connectivity index (χ0n) is 12.4. The van der Waals surface area contributed by atoms with E-state index in [1.807, 2.05) is 12.1 Å². The van der Waals surface area contributed by atoms with E-state index < -0.39 is 0 Å².